The number of hydrogen-bond donors (Lipinski definition) is 1. The highest BCUT2D eigenvalue weighted by Crippen LogP contribution is 2.26. The van der Waals surface area contributed by atoms with Gasteiger partial charge in [0, 0.05) is 30.9 Å². The van der Waals surface area contributed by atoms with Crippen molar-refractivity contribution in [2.24, 2.45) is 17.8 Å². The van der Waals surface area contributed by atoms with Crippen molar-refractivity contribution in [2.75, 3.05) is 24.7 Å². The number of aliphatic imine (C=N–C) groups is 1. The van der Waals surface area contributed by atoms with E-state index >= 15 is 0 Å². The number of esters is 1. The summed E-state index contributed by atoms with van der Waals surface area (Å²) in [6, 6.07) is 17.4. The number of fused-ring (bicyclic) bond motifs is 1. The number of amidine groups is 1. The van der Waals surface area contributed by atoms with Crippen LogP contribution < -0.4 is 15.4 Å². The number of anilines is 1. The molecule has 0 aliphatic heterocycles. The third-order valence-corrected chi connectivity index (χ3v) is 6.94. The van der Waals surface area contributed by atoms with Crippen molar-refractivity contribution in [3.05, 3.63) is 83.8 Å². The summed E-state index contributed by atoms with van der Waals surface area (Å²) in [5.74, 6) is 1.01. The number of unbranched alkanes of at least 4 members (excludes halogenated alkanes) is 1. The summed E-state index contributed by atoms with van der Waals surface area (Å²) in [4.78, 5) is 51.9. The van der Waals surface area contributed by atoms with Crippen LogP contribution in [0.4, 0.5) is 10.6 Å². The Bertz CT molecular complexity index is 1650. The van der Waals surface area contributed by atoms with E-state index in [1.807, 2.05) is 31.5 Å². The minimum absolute atomic E-state index is 0.0347. The quantitative estimate of drug-likeness (QED) is 0.0909. The zero-order valence-electron chi connectivity index (χ0n) is 25.9. The zero-order chi connectivity index (χ0) is 32.3. The first kappa shape index (κ1) is 32.6. The van der Waals surface area contributed by atoms with Crippen LogP contribution in [-0.4, -0.2) is 58.1 Å². The van der Waals surface area contributed by atoms with Crippen molar-refractivity contribution in [1.82, 2.24) is 14.5 Å². The first-order chi connectivity index (χ1) is 21.7. The Hall–Kier alpha value is -5.26. The SMILES string of the molecule is CCCCOC(=O)/N=C(/N)c1ccc(OC(C)c2nc3cc(C(=O)N(CCC(=O)OCC)c4ccccn4)ccc3n2C)cc1. The maximum absolute atomic E-state index is 13.7. The molecule has 2 aromatic heterocycles. The van der Waals surface area contributed by atoms with E-state index in [0.717, 1.165) is 18.4 Å². The number of aryl methyl sites for hydroxylation is 1. The summed E-state index contributed by atoms with van der Waals surface area (Å²) in [7, 11) is 1.88. The predicted molar refractivity (Wildman–Crippen MR) is 170 cm³/mol. The summed E-state index contributed by atoms with van der Waals surface area (Å²) in [5, 5.41) is 0. The van der Waals surface area contributed by atoms with Crippen LogP contribution in [0.2, 0.25) is 0 Å². The summed E-state index contributed by atoms with van der Waals surface area (Å²) in [6.45, 7) is 6.30. The van der Waals surface area contributed by atoms with Gasteiger partial charge in [-0.3, -0.25) is 14.5 Å². The fourth-order valence-corrected chi connectivity index (χ4v) is 4.60. The van der Waals surface area contributed by atoms with Gasteiger partial charge in [0.25, 0.3) is 5.91 Å². The molecule has 0 aliphatic carbocycles. The molecule has 0 saturated carbocycles. The monoisotopic (exact) mass is 614 g/mol. The van der Waals surface area contributed by atoms with Crippen LogP contribution in [0, 0.1) is 0 Å². The second-order valence-corrected chi connectivity index (χ2v) is 10.2. The van der Waals surface area contributed by atoms with E-state index in [4.69, 9.17) is 24.9 Å². The van der Waals surface area contributed by atoms with Gasteiger partial charge in [-0.25, -0.2) is 14.8 Å². The molecule has 1 unspecified atom stereocenters. The van der Waals surface area contributed by atoms with Crippen LogP contribution in [0.1, 0.15) is 67.9 Å². The van der Waals surface area contributed by atoms with Crippen LogP contribution in [0.15, 0.2) is 71.9 Å². The number of nitrogens with two attached hydrogens (primary N) is 1. The third-order valence-electron chi connectivity index (χ3n) is 6.94. The smallest absolute Gasteiger partial charge is 0.435 e. The number of hydrogen-bond acceptors (Lipinski definition) is 8. The number of nitrogens with zero attached hydrogens (tertiary/aromatic N) is 5. The molecular formula is C33H38N6O6. The normalized spacial score (nSPS) is 12.0. The van der Waals surface area contributed by atoms with Gasteiger partial charge in [-0.1, -0.05) is 19.4 Å². The number of rotatable bonds is 13. The van der Waals surface area contributed by atoms with E-state index in [-0.39, 0.29) is 31.3 Å². The predicted octanol–water partition coefficient (Wildman–Crippen LogP) is 5.35. The molecule has 4 aromatic rings. The number of ether oxygens (including phenoxy) is 3. The standard InChI is InChI=1S/C33H38N6O6/c1-5-7-20-44-33(42)37-30(34)23-11-14-25(15-12-23)45-22(3)31-36-26-21-24(13-16-27(26)38(31)4)32(41)39(19-17-29(40)43-6-2)28-10-8-9-18-35-28/h8-16,18,21-22H,5-7,17,19-20H2,1-4H3,(H2,34,37,42). The molecule has 2 heterocycles. The van der Waals surface area contributed by atoms with Gasteiger partial charge in [0.2, 0.25) is 0 Å². The Balaban J connectivity index is 1.49. The minimum Gasteiger partial charge on any atom is -0.483 e. The molecule has 4 rings (SSSR count). The second kappa shape index (κ2) is 15.5. The molecule has 2 amide bonds. The van der Waals surface area contributed by atoms with Crippen molar-refractivity contribution in [2.45, 2.75) is 46.1 Å². The number of carbonyl (C=O) groups excluding carboxylic acids is 3. The molecule has 0 radical (unpaired) electrons. The number of benzene rings is 2. The van der Waals surface area contributed by atoms with Gasteiger partial charge in [0.1, 0.15) is 17.4 Å². The Morgan fingerprint density at radius 2 is 1.78 bits per heavy atom. The maximum atomic E-state index is 13.7. The lowest BCUT2D eigenvalue weighted by atomic mass is 10.1. The molecule has 0 bridgehead atoms. The first-order valence-electron chi connectivity index (χ1n) is 14.8. The zero-order valence-corrected chi connectivity index (χ0v) is 25.9. The van der Waals surface area contributed by atoms with E-state index in [1.165, 1.54) is 4.90 Å². The lowest BCUT2D eigenvalue weighted by molar-refractivity contribution is -0.142. The highest BCUT2D eigenvalue weighted by atomic mass is 16.5. The minimum atomic E-state index is -0.720. The van der Waals surface area contributed by atoms with E-state index in [9.17, 15) is 14.4 Å². The van der Waals surface area contributed by atoms with Gasteiger partial charge in [-0.15, -0.1) is 0 Å². The van der Waals surface area contributed by atoms with Crippen LogP contribution in [0.5, 0.6) is 5.75 Å². The van der Waals surface area contributed by atoms with Gasteiger partial charge in [0.05, 0.1) is 30.7 Å². The number of aromatic nitrogens is 3. The topological polar surface area (TPSA) is 151 Å². The van der Waals surface area contributed by atoms with Gasteiger partial charge in [-0.05, 0) is 74.9 Å². The summed E-state index contributed by atoms with van der Waals surface area (Å²) < 4.78 is 18.2. The third kappa shape index (κ3) is 8.43. The van der Waals surface area contributed by atoms with Crippen molar-refractivity contribution >= 4 is 40.7 Å². The van der Waals surface area contributed by atoms with Gasteiger partial charge >= 0.3 is 12.1 Å². The molecule has 0 spiro atoms. The average molecular weight is 615 g/mol. The summed E-state index contributed by atoms with van der Waals surface area (Å²) >= 11 is 0. The molecule has 0 aliphatic rings. The molecule has 45 heavy (non-hydrogen) atoms. The molecule has 12 nitrogen and oxygen atoms in total. The van der Waals surface area contributed by atoms with Gasteiger partial charge in [0.15, 0.2) is 11.9 Å². The van der Waals surface area contributed by atoms with Crippen LogP contribution in [0.25, 0.3) is 11.0 Å². The Morgan fingerprint density at radius 3 is 2.47 bits per heavy atom. The Kier molecular flexibility index (Phi) is 11.2. The fraction of sp³-hybridized carbons (Fsp3) is 0.333. The highest BCUT2D eigenvalue weighted by Gasteiger charge is 2.22. The van der Waals surface area contributed by atoms with Crippen molar-refractivity contribution < 1.29 is 28.6 Å². The largest absolute Gasteiger partial charge is 0.483 e. The molecule has 12 heteroatoms. The fourth-order valence-electron chi connectivity index (χ4n) is 4.60. The number of amides is 2. The van der Waals surface area contributed by atoms with E-state index in [0.29, 0.717) is 40.6 Å². The lowest BCUT2D eigenvalue weighted by Crippen LogP contribution is -2.34. The van der Waals surface area contributed by atoms with Crippen LogP contribution >= 0.6 is 0 Å². The van der Waals surface area contributed by atoms with Gasteiger partial charge in [-0.2, -0.15) is 4.99 Å². The Labute approximate surface area is 261 Å². The maximum Gasteiger partial charge on any atom is 0.435 e. The molecule has 236 valence electrons. The molecular weight excluding hydrogens is 576 g/mol. The lowest BCUT2D eigenvalue weighted by Gasteiger charge is -2.21. The van der Waals surface area contributed by atoms with Crippen molar-refractivity contribution in [1.29, 1.82) is 0 Å². The molecule has 2 N–H and O–H groups in total. The second-order valence-electron chi connectivity index (χ2n) is 10.2. The van der Waals surface area contributed by atoms with Crippen molar-refractivity contribution in [3.63, 3.8) is 0 Å². The summed E-state index contributed by atoms with van der Waals surface area (Å²) in [6.07, 6.45) is 2.14. The molecule has 2 aromatic carbocycles. The van der Waals surface area contributed by atoms with E-state index in [2.05, 4.69) is 9.98 Å². The van der Waals surface area contributed by atoms with Gasteiger partial charge < -0.3 is 24.5 Å². The molecule has 0 saturated heterocycles. The number of imidazole rings is 1. The number of pyridine rings is 1. The average Bonchev–Trinajstić information content (AvgIpc) is 3.37. The van der Waals surface area contributed by atoms with Crippen LogP contribution in [0.3, 0.4) is 0 Å². The van der Waals surface area contributed by atoms with E-state index in [1.54, 1.807) is 67.7 Å². The number of carbonyl (C=O) groups is 3. The van der Waals surface area contributed by atoms with Crippen molar-refractivity contribution in [3.8, 4) is 5.75 Å². The van der Waals surface area contributed by atoms with Crippen LogP contribution in [-0.2, 0) is 21.3 Å². The Morgan fingerprint density at radius 1 is 1.02 bits per heavy atom. The highest BCUT2D eigenvalue weighted by molar-refractivity contribution is 6.07. The summed E-state index contributed by atoms with van der Waals surface area (Å²) in [5.41, 5.74) is 8.37. The first-order valence-corrected chi connectivity index (χ1v) is 14.8. The molecule has 0 fully saturated rings. The van der Waals surface area contributed by atoms with E-state index < -0.39 is 18.2 Å². The molecule has 1 atom stereocenters.